The van der Waals surface area contributed by atoms with Gasteiger partial charge in [-0.05, 0) is 17.7 Å². The molecule has 0 radical (unpaired) electrons. The van der Waals surface area contributed by atoms with Crippen LogP contribution in [0.25, 0.3) is 0 Å². The van der Waals surface area contributed by atoms with Crippen molar-refractivity contribution >= 4 is 0 Å². The lowest BCUT2D eigenvalue weighted by Crippen LogP contribution is -2.23. The molecule has 2 aromatic rings. The van der Waals surface area contributed by atoms with Crippen LogP contribution in [-0.4, -0.2) is 0 Å². The van der Waals surface area contributed by atoms with Crippen molar-refractivity contribution in [3.05, 3.63) is 71.0 Å². The monoisotopic (exact) mass is 290 g/mol. The fraction of sp³-hybridized carbons (Fsp3) is 0.143. The minimum Gasteiger partial charge on any atom is -0.235 e. The van der Waals surface area contributed by atoms with Crippen molar-refractivity contribution in [3.63, 3.8) is 0 Å². The predicted octanol–water partition coefficient (Wildman–Crippen LogP) is 4.91. The number of benzene rings is 2. The van der Waals surface area contributed by atoms with Crippen molar-refractivity contribution in [1.29, 1.82) is 0 Å². The second-order valence-corrected chi connectivity index (χ2v) is 4.12. The second kappa shape index (κ2) is 5.19. The van der Waals surface area contributed by atoms with Gasteiger partial charge in [0.25, 0.3) is 0 Å². The molecule has 0 heterocycles. The van der Waals surface area contributed by atoms with Crippen LogP contribution in [0.4, 0.5) is 26.3 Å². The molecule has 0 aliphatic rings. The Morgan fingerprint density at radius 3 is 2.00 bits per heavy atom. The van der Waals surface area contributed by atoms with Gasteiger partial charge in [-0.15, -0.1) is 0 Å². The highest BCUT2D eigenvalue weighted by molar-refractivity contribution is 5.29. The number of alkyl halides is 3. The highest BCUT2D eigenvalue weighted by Gasteiger charge is 2.46. The quantitative estimate of drug-likeness (QED) is 0.556. The molecule has 1 atom stereocenters. The molecule has 2 rings (SSSR count). The largest absolute Gasteiger partial charge is 0.310 e. The standard InChI is InChI=1S/C14H8F6/c15-10-7-6-9(11(16)12(10)17)14(19,20)13(18)8-4-2-1-3-5-8/h1-7,13H. The highest BCUT2D eigenvalue weighted by atomic mass is 19.3. The summed E-state index contributed by atoms with van der Waals surface area (Å²) in [6, 6.07) is 7.01. The summed E-state index contributed by atoms with van der Waals surface area (Å²) in [6.45, 7) is 0. The fourth-order valence-corrected chi connectivity index (χ4v) is 1.75. The molecule has 0 nitrogen and oxygen atoms in total. The van der Waals surface area contributed by atoms with Crippen molar-refractivity contribution < 1.29 is 26.3 Å². The van der Waals surface area contributed by atoms with E-state index < -0.39 is 35.1 Å². The van der Waals surface area contributed by atoms with Gasteiger partial charge in [0.05, 0.1) is 5.56 Å². The van der Waals surface area contributed by atoms with Gasteiger partial charge in [-0.1, -0.05) is 30.3 Å². The zero-order valence-corrected chi connectivity index (χ0v) is 9.89. The van der Waals surface area contributed by atoms with Gasteiger partial charge in [0.15, 0.2) is 23.6 Å². The van der Waals surface area contributed by atoms with Crippen molar-refractivity contribution in [2.45, 2.75) is 12.1 Å². The Labute approximate surface area is 110 Å². The average Bonchev–Trinajstić information content (AvgIpc) is 2.44. The van der Waals surface area contributed by atoms with E-state index in [-0.39, 0.29) is 5.56 Å². The van der Waals surface area contributed by atoms with Crippen LogP contribution in [0.1, 0.15) is 17.3 Å². The normalized spacial score (nSPS) is 13.3. The molecule has 0 fully saturated rings. The van der Waals surface area contributed by atoms with Gasteiger partial charge in [-0.3, -0.25) is 0 Å². The smallest absolute Gasteiger partial charge is 0.235 e. The summed E-state index contributed by atoms with van der Waals surface area (Å²) in [5.41, 5.74) is -1.91. The third kappa shape index (κ3) is 2.37. The molecule has 0 bridgehead atoms. The minimum atomic E-state index is -4.32. The lowest BCUT2D eigenvalue weighted by Gasteiger charge is -2.22. The van der Waals surface area contributed by atoms with Crippen LogP contribution in [0, 0.1) is 17.5 Å². The van der Waals surface area contributed by atoms with Gasteiger partial charge in [0.1, 0.15) is 0 Å². The van der Waals surface area contributed by atoms with Crippen LogP contribution in [-0.2, 0) is 5.92 Å². The van der Waals surface area contributed by atoms with Gasteiger partial charge in [-0.2, -0.15) is 8.78 Å². The van der Waals surface area contributed by atoms with E-state index in [2.05, 4.69) is 0 Å². The zero-order valence-electron chi connectivity index (χ0n) is 9.89. The van der Waals surface area contributed by atoms with E-state index in [4.69, 9.17) is 0 Å². The summed E-state index contributed by atoms with van der Waals surface area (Å²) in [5, 5.41) is 0. The molecule has 0 aliphatic carbocycles. The first-order valence-electron chi connectivity index (χ1n) is 5.56. The molecule has 0 aromatic heterocycles. The molecule has 0 saturated heterocycles. The number of hydrogen-bond acceptors (Lipinski definition) is 0. The van der Waals surface area contributed by atoms with E-state index in [0.717, 1.165) is 12.1 Å². The van der Waals surface area contributed by atoms with E-state index in [1.165, 1.54) is 18.2 Å². The summed E-state index contributed by atoms with van der Waals surface area (Å²) < 4.78 is 80.8. The van der Waals surface area contributed by atoms with Crippen molar-refractivity contribution in [2.24, 2.45) is 0 Å². The van der Waals surface area contributed by atoms with E-state index in [1.807, 2.05) is 0 Å². The van der Waals surface area contributed by atoms with Crippen LogP contribution in [0.5, 0.6) is 0 Å². The van der Waals surface area contributed by atoms with Gasteiger partial charge in [0, 0.05) is 0 Å². The van der Waals surface area contributed by atoms with Crippen molar-refractivity contribution in [1.82, 2.24) is 0 Å². The van der Waals surface area contributed by atoms with Gasteiger partial charge in [0.2, 0.25) is 0 Å². The third-order valence-electron chi connectivity index (χ3n) is 2.80. The van der Waals surface area contributed by atoms with Gasteiger partial charge < -0.3 is 0 Å². The summed E-state index contributed by atoms with van der Waals surface area (Å²) in [7, 11) is 0. The molecule has 0 saturated carbocycles. The Balaban J connectivity index is 2.48. The maximum atomic E-state index is 13.9. The summed E-state index contributed by atoms with van der Waals surface area (Å²) in [4.78, 5) is 0. The molecular formula is C14H8F6. The molecule has 6 heteroatoms. The van der Waals surface area contributed by atoms with Crippen LogP contribution >= 0.6 is 0 Å². The zero-order chi connectivity index (χ0) is 14.9. The van der Waals surface area contributed by atoms with E-state index in [9.17, 15) is 26.3 Å². The second-order valence-electron chi connectivity index (χ2n) is 4.12. The topological polar surface area (TPSA) is 0 Å². The maximum absolute atomic E-state index is 13.9. The van der Waals surface area contributed by atoms with Crippen LogP contribution < -0.4 is 0 Å². The Kier molecular flexibility index (Phi) is 3.74. The third-order valence-corrected chi connectivity index (χ3v) is 2.80. The Morgan fingerprint density at radius 2 is 1.40 bits per heavy atom. The maximum Gasteiger partial charge on any atom is 0.310 e. The lowest BCUT2D eigenvalue weighted by molar-refractivity contribution is -0.0840. The molecule has 2 aromatic carbocycles. The molecule has 106 valence electrons. The molecule has 0 aliphatic heterocycles. The first kappa shape index (κ1) is 14.4. The van der Waals surface area contributed by atoms with Crippen molar-refractivity contribution in [3.8, 4) is 0 Å². The van der Waals surface area contributed by atoms with Crippen LogP contribution in [0.3, 0.4) is 0 Å². The Bertz CT molecular complexity index is 609. The predicted molar refractivity (Wildman–Crippen MR) is 60.5 cm³/mol. The number of hydrogen-bond donors (Lipinski definition) is 0. The molecule has 0 amide bonds. The van der Waals surface area contributed by atoms with Crippen LogP contribution in [0.2, 0.25) is 0 Å². The molecule has 0 N–H and O–H groups in total. The Hall–Kier alpha value is -1.98. The summed E-state index contributed by atoms with van der Waals surface area (Å²) in [6.07, 6.45) is -2.87. The van der Waals surface area contributed by atoms with E-state index in [0.29, 0.717) is 12.1 Å². The Morgan fingerprint density at radius 1 is 0.800 bits per heavy atom. The van der Waals surface area contributed by atoms with Gasteiger partial charge >= 0.3 is 5.92 Å². The van der Waals surface area contributed by atoms with Gasteiger partial charge in [-0.25, -0.2) is 17.6 Å². The number of halogens is 6. The molecule has 0 spiro atoms. The average molecular weight is 290 g/mol. The fourth-order valence-electron chi connectivity index (χ4n) is 1.75. The summed E-state index contributed by atoms with van der Waals surface area (Å²) in [5.74, 6) is -10.1. The highest BCUT2D eigenvalue weighted by Crippen LogP contribution is 2.44. The molecule has 20 heavy (non-hydrogen) atoms. The van der Waals surface area contributed by atoms with Crippen molar-refractivity contribution in [2.75, 3.05) is 0 Å². The van der Waals surface area contributed by atoms with E-state index >= 15 is 0 Å². The minimum absolute atomic E-state index is 0.333. The lowest BCUT2D eigenvalue weighted by atomic mass is 9.97. The summed E-state index contributed by atoms with van der Waals surface area (Å²) >= 11 is 0. The SMILES string of the molecule is Fc1ccc(C(F)(F)C(F)c2ccccc2)c(F)c1F. The first-order valence-corrected chi connectivity index (χ1v) is 5.56. The van der Waals surface area contributed by atoms with Crippen LogP contribution in [0.15, 0.2) is 42.5 Å². The van der Waals surface area contributed by atoms with E-state index in [1.54, 1.807) is 0 Å². The first-order chi connectivity index (χ1) is 9.35. The molecular weight excluding hydrogens is 282 g/mol. The molecule has 1 unspecified atom stereocenters. The number of rotatable bonds is 3.